The molecule has 0 unspecified atom stereocenters. The minimum atomic E-state index is -3.98. The Bertz CT molecular complexity index is 1350. The number of sulfonamides is 1. The predicted molar refractivity (Wildman–Crippen MR) is 140 cm³/mol. The monoisotopic (exact) mass is 484 g/mol. The molecule has 0 radical (unpaired) electrons. The molecule has 1 N–H and O–H groups in total. The number of amides is 1. The van der Waals surface area contributed by atoms with Gasteiger partial charge in [0.2, 0.25) is 5.91 Å². The summed E-state index contributed by atoms with van der Waals surface area (Å²) < 4.78 is 28.6. The molecule has 0 spiro atoms. The lowest BCUT2D eigenvalue weighted by Gasteiger charge is -2.27. The van der Waals surface area contributed by atoms with Crippen molar-refractivity contribution in [2.45, 2.75) is 24.8 Å². The first-order chi connectivity index (χ1) is 16.9. The first kappa shape index (κ1) is 24.2. The Morgan fingerprint density at radius 1 is 0.743 bits per heavy atom. The van der Waals surface area contributed by atoms with Crippen LogP contribution < -0.4 is 9.62 Å². The van der Waals surface area contributed by atoms with Crippen LogP contribution in [-0.2, 0) is 14.8 Å². The van der Waals surface area contributed by atoms with Crippen LogP contribution in [0.5, 0.6) is 0 Å². The highest BCUT2D eigenvalue weighted by atomic mass is 32.2. The Balaban J connectivity index is 1.71. The van der Waals surface area contributed by atoms with Gasteiger partial charge in [0.1, 0.15) is 6.54 Å². The molecule has 4 aromatic rings. The standard InChI is InChI=1S/C29H28N2O3S/c1-22-13-12-20-27(23(22)2)31(35(33,34)26-18-10-5-11-19-26)21-28(32)30-29(24-14-6-3-7-15-24)25-16-8-4-9-17-25/h3-20,29H,21H2,1-2H3,(H,30,32). The van der Waals surface area contributed by atoms with Gasteiger partial charge < -0.3 is 5.32 Å². The Labute approximate surface area is 207 Å². The van der Waals surface area contributed by atoms with Crippen molar-refractivity contribution in [2.24, 2.45) is 0 Å². The van der Waals surface area contributed by atoms with Crippen LogP contribution in [0.3, 0.4) is 0 Å². The lowest BCUT2D eigenvalue weighted by molar-refractivity contribution is -0.120. The fourth-order valence-corrected chi connectivity index (χ4v) is 5.51. The van der Waals surface area contributed by atoms with Crippen LogP contribution in [0.15, 0.2) is 114 Å². The van der Waals surface area contributed by atoms with E-state index in [1.807, 2.05) is 80.6 Å². The van der Waals surface area contributed by atoms with E-state index in [1.165, 1.54) is 4.31 Å². The van der Waals surface area contributed by atoms with E-state index in [9.17, 15) is 13.2 Å². The fourth-order valence-electron chi connectivity index (χ4n) is 4.01. The largest absolute Gasteiger partial charge is 0.344 e. The molecular formula is C29H28N2O3S. The molecule has 0 saturated heterocycles. The van der Waals surface area contributed by atoms with Crippen molar-refractivity contribution in [3.8, 4) is 0 Å². The van der Waals surface area contributed by atoms with E-state index in [-0.39, 0.29) is 11.4 Å². The van der Waals surface area contributed by atoms with Crippen LogP contribution in [0.25, 0.3) is 0 Å². The average molecular weight is 485 g/mol. The molecule has 4 rings (SSSR count). The number of anilines is 1. The van der Waals surface area contributed by atoms with Gasteiger partial charge in [-0.2, -0.15) is 0 Å². The van der Waals surface area contributed by atoms with E-state index in [1.54, 1.807) is 42.5 Å². The van der Waals surface area contributed by atoms with E-state index in [0.717, 1.165) is 22.3 Å². The highest BCUT2D eigenvalue weighted by molar-refractivity contribution is 7.92. The second-order valence-corrected chi connectivity index (χ2v) is 10.2. The highest BCUT2D eigenvalue weighted by Crippen LogP contribution is 2.29. The normalized spacial score (nSPS) is 11.3. The molecule has 0 aliphatic rings. The maximum atomic E-state index is 13.7. The zero-order valence-corrected chi connectivity index (χ0v) is 20.6. The molecule has 4 aromatic carbocycles. The molecule has 0 fully saturated rings. The van der Waals surface area contributed by atoms with Crippen molar-refractivity contribution in [1.29, 1.82) is 0 Å². The minimum Gasteiger partial charge on any atom is -0.344 e. The summed E-state index contributed by atoms with van der Waals surface area (Å²) in [5.41, 5.74) is 4.07. The zero-order valence-electron chi connectivity index (χ0n) is 19.8. The molecule has 0 aromatic heterocycles. The van der Waals surface area contributed by atoms with Gasteiger partial charge in [-0.3, -0.25) is 9.10 Å². The molecule has 35 heavy (non-hydrogen) atoms. The summed E-state index contributed by atoms with van der Waals surface area (Å²) in [6.45, 7) is 3.44. The number of aryl methyl sites for hydroxylation is 1. The average Bonchev–Trinajstić information content (AvgIpc) is 2.89. The van der Waals surface area contributed by atoms with Crippen molar-refractivity contribution in [1.82, 2.24) is 5.32 Å². The molecule has 0 saturated carbocycles. The maximum absolute atomic E-state index is 13.7. The van der Waals surface area contributed by atoms with Gasteiger partial charge >= 0.3 is 0 Å². The van der Waals surface area contributed by atoms with Crippen molar-refractivity contribution in [2.75, 3.05) is 10.8 Å². The molecule has 0 heterocycles. The molecule has 178 valence electrons. The molecule has 0 atom stereocenters. The van der Waals surface area contributed by atoms with Crippen molar-refractivity contribution >= 4 is 21.6 Å². The molecule has 6 heteroatoms. The number of carbonyl (C=O) groups excluding carboxylic acids is 1. The highest BCUT2D eigenvalue weighted by Gasteiger charge is 2.29. The lowest BCUT2D eigenvalue weighted by Crippen LogP contribution is -2.42. The van der Waals surface area contributed by atoms with Gasteiger partial charge in [-0.25, -0.2) is 8.42 Å². The molecule has 1 amide bonds. The third-order valence-electron chi connectivity index (χ3n) is 6.03. The first-order valence-electron chi connectivity index (χ1n) is 11.4. The number of benzene rings is 4. The summed E-state index contributed by atoms with van der Waals surface area (Å²) in [6.07, 6.45) is 0. The van der Waals surface area contributed by atoms with E-state index in [4.69, 9.17) is 0 Å². The summed E-state index contributed by atoms with van der Waals surface area (Å²) in [5.74, 6) is -0.400. The summed E-state index contributed by atoms with van der Waals surface area (Å²) in [7, 11) is -3.98. The quantitative estimate of drug-likeness (QED) is 0.364. The van der Waals surface area contributed by atoms with Gasteiger partial charge in [0.25, 0.3) is 10.0 Å². The van der Waals surface area contributed by atoms with E-state index in [2.05, 4.69) is 5.32 Å². The minimum absolute atomic E-state index is 0.136. The summed E-state index contributed by atoms with van der Waals surface area (Å²) >= 11 is 0. The predicted octanol–water partition coefficient (Wildman–Crippen LogP) is 5.40. The van der Waals surface area contributed by atoms with Gasteiger partial charge in [0, 0.05) is 0 Å². The Morgan fingerprint density at radius 2 is 1.26 bits per heavy atom. The third-order valence-corrected chi connectivity index (χ3v) is 7.81. The molecule has 0 aliphatic heterocycles. The van der Waals surface area contributed by atoms with Crippen molar-refractivity contribution < 1.29 is 13.2 Å². The second kappa shape index (κ2) is 10.6. The van der Waals surface area contributed by atoms with Crippen LogP contribution in [-0.4, -0.2) is 20.9 Å². The van der Waals surface area contributed by atoms with Gasteiger partial charge in [-0.1, -0.05) is 91.0 Å². The first-order valence-corrected chi connectivity index (χ1v) is 12.8. The smallest absolute Gasteiger partial charge is 0.264 e. The van der Waals surface area contributed by atoms with Gasteiger partial charge in [0.15, 0.2) is 0 Å². The third kappa shape index (κ3) is 5.44. The Hall–Kier alpha value is -3.90. The van der Waals surface area contributed by atoms with Crippen LogP contribution in [0.1, 0.15) is 28.3 Å². The van der Waals surface area contributed by atoms with Crippen LogP contribution in [0.4, 0.5) is 5.69 Å². The number of rotatable bonds is 8. The summed E-state index contributed by atoms with van der Waals surface area (Å²) in [5, 5.41) is 3.06. The van der Waals surface area contributed by atoms with Gasteiger partial charge in [0.05, 0.1) is 16.6 Å². The number of hydrogen-bond acceptors (Lipinski definition) is 3. The topological polar surface area (TPSA) is 66.5 Å². The van der Waals surface area contributed by atoms with E-state index in [0.29, 0.717) is 5.69 Å². The number of nitrogens with one attached hydrogen (secondary N) is 1. The van der Waals surface area contributed by atoms with Crippen molar-refractivity contribution in [3.63, 3.8) is 0 Å². The van der Waals surface area contributed by atoms with Gasteiger partial charge in [-0.05, 0) is 54.3 Å². The Morgan fingerprint density at radius 3 is 1.80 bits per heavy atom. The van der Waals surface area contributed by atoms with E-state index >= 15 is 0 Å². The van der Waals surface area contributed by atoms with Crippen LogP contribution >= 0.6 is 0 Å². The summed E-state index contributed by atoms with van der Waals surface area (Å²) in [4.78, 5) is 13.6. The maximum Gasteiger partial charge on any atom is 0.264 e. The molecule has 0 aliphatic carbocycles. The summed E-state index contributed by atoms with van der Waals surface area (Å²) in [6, 6.07) is 32.5. The van der Waals surface area contributed by atoms with Crippen LogP contribution in [0, 0.1) is 13.8 Å². The number of carbonyl (C=O) groups is 1. The fraction of sp³-hybridized carbons (Fsp3) is 0.138. The molecule has 5 nitrogen and oxygen atoms in total. The lowest BCUT2D eigenvalue weighted by atomic mass is 9.99. The molecule has 0 bridgehead atoms. The van der Waals surface area contributed by atoms with Crippen molar-refractivity contribution in [3.05, 3.63) is 131 Å². The van der Waals surface area contributed by atoms with Gasteiger partial charge in [-0.15, -0.1) is 0 Å². The SMILES string of the molecule is Cc1cccc(N(CC(=O)NC(c2ccccc2)c2ccccc2)S(=O)(=O)c2ccccc2)c1C. The van der Waals surface area contributed by atoms with Crippen LogP contribution in [0.2, 0.25) is 0 Å². The number of nitrogens with zero attached hydrogens (tertiary/aromatic N) is 1. The van der Waals surface area contributed by atoms with E-state index < -0.39 is 22.0 Å². The second-order valence-electron chi connectivity index (χ2n) is 8.37. The number of hydrogen-bond donors (Lipinski definition) is 1. The Kier molecular flexibility index (Phi) is 7.32. The zero-order chi connectivity index (χ0) is 24.8. The molecular weight excluding hydrogens is 456 g/mol.